The Bertz CT molecular complexity index is 797. The normalized spacial score (nSPS) is 11.1. The maximum atomic E-state index is 12.5. The third-order valence-corrected chi connectivity index (χ3v) is 4.90. The van der Waals surface area contributed by atoms with Crippen molar-refractivity contribution in [3.63, 3.8) is 0 Å². The molecule has 23 heavy (non-hydrogen) atoms. The molecular formula is C16H17ClN2O3S. The van der Waals surface area contributed by atoms with E-state index in [2.05, 4.69) is 10.0 Å². The largest absolute Gasteiger partial charge is 0.325 e. The second kappa shape index (κ2) is 7.02. The quantitative estimate of drug-likeness (QED) is 0.811. The number of carbonyl (C=O) groups is 1. The van der Waals surface area contributed by atoms with Crippen LogP contribution in [0, 0.1) is 13.8 Å². The van der Waals surface area contributed by atoms with Gasteiger partial charge in [-0.05, 0) is 49.2 Å². The average molecular weight is 353 g/mol. The Balaban J connectivity index is 2.25. The molecule has 2 N–H and O–H groups in total. The van der Waals surface area contributed by atoms with Crippen LogP contribution in [0.1, 0.15) is 11.1 Å². The summed E-state index contributed by atoms with van der Waals surface area (Å²) in [5.74, 6) is -0.510. The molecule has 0 saturated carbocycles. The summed E-state index contributed by atoms with van der Waals surface area (Å²) >= 11 is 5.41. The molecule has 0 spiro atoms. The molecule has 1 amide bonds. The monoisotopic (exact) mass is 352 g/mol. The van der Waals surface area contributed by atoms with E-state index in [-0.39, 0.29) is 16.7 Å². The fraction of sp³-hybridized carbons (Fsp3) is 0.188. The van der Waals surface area contributed by atoms with Gasteiger partial charge in [-0.1, -0.05) is 18.2 Å². The number of benzene rings is 2. The number of nitrogens with one attached hydrogen (secondary N) is 2. The van der Waals surface area contributed by atoms with E-state index in [0.717, 1.165) is 11.1 Å². The number of rotatable bonds is 5. The van der Waals surface area contributed by atoms with Crippen LogP contribution in [-0.4, -0.2) is 20.2 Å². The zero-order valence-electron chi connectivity index (χ0n) is 12.8. The highest BCUT2D eigenvalue weighted by Crippen LogP contribution is 2.24. The Morgan fingerprint density at radius 3 is 2.13 bits per heavy atom. The third kappa shape index (κ3) is 4.24. The van der Waals surface area contributed by atoms with Gasteiger partial charge in [0, 0.05) is 5.69 Å². The number of aryl methyl sites for hydroxylation is 2. The lowest BCUT2D eigenvalue weighted by Crippen LogP contribution is -2.15. The van der Waals surface area contributed by atoms with Crippen molar-refractivity contribution in [2.45, 2.75) is 18.7 Å². The molecule has 0 heterocycles. The van der Waals surface area contributed by atoms with Gasteiger partial charge in [-0.25, -0.2) is 8.42 Å². The summed E-state index contributed by atoms with van der Waals surface area (Å²) in [7, 11) is -3.70. The van der Waals surface area contributed by atoms with E-state index in [9.17, 15) is 13.2 Å². The number of hydrogen-bond donors (Lipinski definition) is 2. The number of carbonyl (C=O) groups excluding carboxylic acids is 1. The molecule has 0 aliphatic heterocycles. The van der Waals surface area contributed by atoms with Gasteiger partial charge in [0.25, 0.3) is 10.0 Å². The average Bonchev–Trinajstić information content (AvgIpc) is 2.51. The molecule has 0 bridgehead atoms. The minimum Gasteiger partial charge on any atom is -0.325 e. The Morgan fingerprint density at radius 2 is 1.61 bits per heavy atom. The number of halogens is 1. The molecule has 0 saturated heterocycles. The van der Waals surface area contributed by atoms with Crippen molar-refractivity contribution in [3.05, 3.63) is 53.6 Å². The highest BCUT2D eigenvalue weighted by Gasteiger charge is 2.16. The van der Waals surface area contributed by atoms with E-state index in [1.807, 2.05) is 32.0 Å². The van der Waals surface area contributed by atoms with E-state index in [1.54, 1.807) is 0 Å². The number of sulfonamides is 1. The molecule has 2 aromatic rings. The SMILES string of the molecule is Cc1cccc(C)c1NS(=O)(=O)c1ccc(NC(=O)CCl)cc1. The molecule has 0 aliphatic carbocycles. The summed E-state index contributed by atoms with van der Waals surface area (Å²) in [6.45, 7) is 3.69. The van der Waals surface area contributed by atoms with E-state index < -0.39 is 10.0 Å². The predicted octanol–water partition coefficient (Wildman–Crippen LogP) is 3.28. The van der Waals surface area contributed by atoms with Crippen LogP contribution in [-0.2, 0) is 14.8 Å². The van der Waals surface area contributed by atoms with Crippen LogP contribution in [0.15, 0.2) is 47.4 Å². The summed E-state index contributed by atoms with van der Waals surface area (Å²) in [6, 6.07) is 11.5. The van der Waals surface area contributed by atoms with Gasteiger partial charge in [-0.2, -0.15) is 0 Å². The zero-order chi connectivity index (χ0) is 17.0. The molecular weight excluding hydrogens is 336 g/mol. The van der Waals surface area contributed by atoms with Crippen molar-refractivity contribution in [1.82, 2.24) is 0 Å². The van der Waals surface area contributed by atoms with E-state index in [1.165, 1.54) is 24.3 Å². The van der Waals surface area contributed by atoms with Crippen LogP contribution in [0.25, 0.3) is 0 Å². The van der Waals surface area contributed by atoms with E-state index in [4.69, 9.17) is 11.6 Å². The molecule has 0 aliphatic rings. The lowest BCUT2D eigenvalue weighted by Gasteiger charge is -2.13. The van der Waals surface area contributed by atoms with Crippen molar-refractivity contribution >= 4 is 38.9 Å². The molecule has 0 aromatic heterocycles. The molecule has 0 atom stereocenters. The summed E-state index contributed by atoms with van der Waals surface area (Å²) in [5, 5.41) is 2.55. The van der Waals surface area contributed by atoms with Crippen molar-refractivity contribution < 1.29 is 13.2 Å². The van der Waals surface area contributed by atoms with Gasteiger partial charge in [0.05, 0.1) is 10.6 Å². The Labute approximate surface area is 140 Å². The summed E-state index contributed by atoms with van der Waals surface area (Å²) < 4.78 is 27.6. The zero-order valence-corrected chi connectivity index (χ0v) is 14.3. The first-order valence-corrected chi connectivity index (χ1v) is 8.90. The number of anilines is 2. The minimum atomic E-state index is -3.70. The number of hydrogen-bond acceptors (Lipinski definition) is 3. The van der Waals surface area contributed by atoms with Crippen molar-refractivity contribution in [2.75, 3.05) is 15.9 Å². The van der Waals surface area contributed by atoms with Crippen molar-refractivity contribution in [3.8, 4) is 0 Å². The summed E-state index contributed by atoms with van der Waals surface area (Å²) in [4.78, 5) is 11.3. The molecule has 5 nitrogen and oxygen atoms in total. The first-order valence-electron chi connectivity index (χ1n) is 6.88. The Kier molecular flexibility index (Phi) is 5.28. The summed E-state index contributed by atoms with van der Waals surface area (Å²) in [6.07, 6.45) is 0. The molecule has 2 aromatic carbocycles. The smallest absolute Gasteiger partial charge is 0.261 e. The van der Waals surface area contributed by atoms with Crippen LogP contribution in [0.4, 0.5) is 11.4 Å². The van der Waals surface area contributed by atoms with Gasteiger partial charge >= 0.3 is 0 Å². The van der Waals surface area contributed by atoms with Crippen molar-refractivity contribution in [2.24, 2.45) is 0 Å². The second-order valence-electron chi connectivity index (χ2n) is 5.08. The predicted molar refractivity (Wildman–Crippen MR) is 92.5 cm³/mol. The first-order chi connectivity index (χ1) is 10.8. The molecule has 0 radical (unpaired) electrons. The van der Waals surface area contributed by atoms with Crippen LogP contribution in [0.3, 0.4) is 0 Å². The number of alkyl halides is 1. The number of amides is 1. The maximum absolute atomic E-state index is 12.5. The molecule has 0 fully saturated rings. The lowest BCUT2D eigenvalue weighted by atomic mass is 10.1. The van der Waals surface area contributed by atoms with E-state index >= 15 is 0 Å². The van der Waals surface area contributed by atoms with Crippen LogP contribution in [0.2, 0.25) is 0 Å². The standard InChI is InChI=1S/C16H17ClN2O3S/c1-11-4-3-5-12(2)16(11)19-23(21,22)14-8-6-13(7-9-14)18-15(20)10-17/h3-9,19H,10H2,1-2H3,(H,18,20). The first kappa shape index (κ1) is 17.3. The number of para-hydroxylation sites is 1. The maximum Gasteiger partial charge on any atom is 0.261 e. The summed E-state index contributed by atoms with van der Waals surface area (Å²) in [5.41, 5.74) is 2.76. The fourth-order valence-corrected chi connectivity index (χ4v) is 3.35. The third-order valence-electron chi connectivity index (χ3n) is 3.29. The van der Waals surface area contributed by atoms with Gasteiger partial charge in [0.2, 0.25) is 5.91 Å². The van der Waals surface area contributed by atoms with E-state index in [0.29, 0.717) is 11.4 Å². The van der Waals surface area contributed by atoms with Gasteiger partial charge < -0.3 is 5.32 Å². The highest BCUT2D eigenvalue weighted by atomic mass is 35.5. The molecule has 2 rings (SSSR count). The molecule has 7 heteroatoms. The topological polar surface area (TPSA) is 75.3 Å². The van der Waals surface area contributed by atoms with Crippen LogP contribution < -0.4 is 10.0 Å². The second-order valence-corrected chi connectivity index (χ2v) is 7.03. The fourth-order valence-electron chi connectivity index (χ4n) is 2.08. The highest BCUT2D eigenvalue weighted by molar-refractivity contribution is 7.92. The Morgan fingerprint density at radius 1 is 1.04 bits per heavy atom. The van der Waals surface area contributed by atoms with Gasteiger partial charge in [0.1, 0.15) is 5.88 Å². The molecule has 0 unspecified atom stereocenters. The molecule has 122 valence electrons. The van der Waals surface area contributed by atoms with Crippen LogP contribution >= 0.6 is 11.6 Å². The van der Waals surface area contributed by atoms with Gasteiger partial charge in [-0.15, -0.1) is 11.6 Å². The lowest BCUT2D eigenvalue weighted by molar-refractivity contribution is -0.113. The van der Waals surface area contributed by atoms with Crippen molar-refractivity contribution in [1.29, 1.82) is 0 Å². The van der Waals surface area contributed by atoms with Gasteiger partial charge in [-0.3, -0.25) is 9.52 Å². The van der Waals surface area contributed by atoms with Crippen LogP contribution in [0.5, 0.6) is 0 Å². The Hall–Kier alpha value is -2.05. The van der Waals surface area contributed by atoms with Gasteiger partial charge in [0.15, 0.2) is 0 Å². The minimum absolute atomic E-state index is 0.115.